The van der Waals surface area contributed by atoms with Crippen LogP contribution in [0.15, 0.2) is 24.5 Å². The van der Waals surface area contributed by atoms with Crippen LogP contribution in [0.25, 0.3) is 0 Å². The third-order valence-corrected chi connectivity index (χ3v) is 2.47. The molecule has 0 spiro atoms. The second-order valence-electron chi connectivity index (χ2n) is 3.60. The molecule has 0 aliphatic carbocycles. The van der Waals surface area contributed by atoms with Crippen molar-refractivity contribution in [2.75, 3.05) is 7.05 Å². The number of hydrogen-bond acceptors (Lipinski definition) is 2. The highest BCUT2D eigenvalue weighted by Crippen LogP contribution is 2.20. The summed E-state index contributed by atoms with van der Waals surface area (Å²) >= 11 is 0. The Morgan fingerprint density at radius 2 is 2.43 bits per heavy atom. The Kier molecular flexibility index (Phi) is 3.89. The fraction of sp³-hybridized carbons (Fsp3) is 0.545. The van der Waals surface area contributed by atoms with Gasteiger partial charge in [0.15, 0.2) is 0 Å². The molecule has 0 fully saturated rings. The minimum atomic E-state index is 0.344. The molecular formula is C11H19N3. The van der Waals surface area contributed by atoms with Crippen LogP contribution < -0.4 is 5.32 Å². The topological polar surface area (TPSA) is 29.9 Å². The van der Waals surface area contributed by atoms with E-state index < -0.39 is 0 Å². The van der Waals surface area contributed by atoms with E-state index in [9.17, 15) is 0 Å². The molecule has 0 aromatic carbocycles. The molecule has 1 rings (SSSR count). The Morgan fingerprint density at radius 1 is 1.71 bits per heavy atom. The van der Waals surface area contributed by atoms with E-state index in [4.69, 9.17) is 0 Å². The van der Waals surface area contributed by atoms with Crippen molar-refractivity contribution >= 4 is 0 Å². The first-order valence-corrected chi connectivity index (χ1v) is 4.99. The molecule has 1 aromatic heterocycles. The third-order valence-electron chi connectivity index (χ3n) is 2.47. The summed E-state index contributed by atoms with van der Waals surface area (Å²) < 4.78 is 1.83. The van der Waals surface area contributed by atoms with Gasteiger partial charge in [0.05, 0.1) is 6.20 Å². The minimum absolute atomic E-state index is 0.344. The average molecular weight is 193 g/mol. The van der Waals surface area contributed by atoms with Gasteiger partial charge in [-0.25, -0.2) is 0 Å². The van der Waals surface area contributed by atoms with Crippen LogP contribution in [-0.4, -0.2) is 16.8 Å². The fourth-order valence-electron chi connectivity index (χ4n) is 1.44. The number of aryl methyl sites for hydroxylation is 1. The predicted molar refractivity (Wildman–Crippen MR) is 59.1 cm³/mol. The van der Waals surface area contributed by atoms with Crippen LogP contribution in [-0.2, 0) is 7.05 Å². The van der Waals surface area contributed by atoms with Gasteiger partial charge in [-0.3, -0.25) is 4.68 Å². The fourth-order valence-corrected chi connectivity index (χ4v) is 1.44. The zero-order valence-electron chi connectivity index (χ0n) is 9.25. The largest absolute Gasteiger partial charge is 0.313 e. The van der Waals surface area contributed by atoms with Crippen molar-refractivity contribution in [1.82, 2.24) is 15.1 Å². The summed E-state index contributed by atoms with van der Waals surface area (Å²) in [5.41, 5.74) is 2.50. The van der Waals surface area contributed by atoms with Crippen molar-refractivity contribution < 1.29 is 0 Å². The average Bonchev–Trinajstić information content (AvgIpc) is 2.60. The zero-order valence-corrected chi connectivity index (χ0v) is 9.25. The first-order valence-electron chi connectivity index (χ1n) is 4.99. The molecule has 0 aliphatic heterocycles. The summed E-state index contributed by atoms with van der Waals surface area (Å²) in [4.78, 5) is 0. The number of nitrogens with one attached hydrogen (secondary N) is 1. The van der Waals surface area contributed by atoms with E-state index in [1.165, 1.54) is 11.1 Å². The molecule has 1 N–H and O–H groups in total. The van der Waals surface area contributed by atoms with Gasteiger partial charge in [0.2, 0.25) is 0 Å². The Morgan fingerprint density at radius 3 is 2.86 bits per heavy atom. The van der Waals surface area contributed by atoms with Gasteiger partial charge in [-0.05, 0) is 19.9 Å². The van der Waals surface area contributed by atoms with E-state index in [1.807, 2.05) is 31.2 Å². The summed E-state index contributed by atoms with van der Waals surface area (Å²) in [7, 11) is 3.91. The maximum atomic E-state index is 4.17. The SMILES string of the molecule is C=C(CC)CC(NC)c1cnn(C)c1. The van der Waals surface area contributed by atoms with Gasteiger partial charge in [-0.1, -0.05) is 19.1 Å². The Labute approximate surface area is 85.8 Å². The van der Waals surface area contributed by atoms with Crippen LogP contribution in [0.5, 0.6) is 0 Å². The quantitative estimate of drug-likeness (QED) is 0.725. The van der Waals surface area contributed by atoms with Gasteiger partial charge < -0.3 is 5.32 Å². The van der Waals surface area contributed by atoms with Crippen LogP contribution in [0.3, 0.4) is 0 Å². The molecule has 1 heterocycles. The van der Waals surface area contributed by atoms with Crippen LogP contribution in [0.4, 0.5) is 0 Å². The van der Waals surface area contributed by atoms with E-state index in [-0.39, 0.29) is 0 Å². The molecule has 0 radical (unpaired) electrons. The van der Waals surface area contributed by atoms with Crippen LogP contribution in [0.2, 0.25) is 0 Å². The number of aromatic nitrogens is 2. The maximum Gasteiger partial charge on any atom is 0.0537 e. The lowest BCUT2D eigenvalue weighted by Crippen LogP contribution is -2.16. The van der Waals surface area contributed by atoms with Gasteiger partial charge in [0.1, 0.15) is 0 Å². The van der Waals surface area contributed by atoms with Crippen molar-refractivity contribution in [2.45, 2.75) is 25.8 Å². The molecule has 78 valence electrons. The molecule has 1 aromatic rings. The highest BCUT2D eigenvalue weighted by molar-refractivity contribution is 5.13. The summed E-state index contributed by atoms with van der Waals surface area (Å²) in [5, 5.41) is 7.45. The predicted octanol–water partition coefficient (Wildman–Crippen LogP) is 2.04. The molecule has 3 nitrogen and oxygen atoms in total. The lowest BCUT2D eigenvalue weighted by atomic mass is 10.0. The summed E-state index contributed by atoms with van der Waals surface area (Å²) in [6.45, 7) is 6.16. The van der Waals surface area contributed by atoms with E-state index in [1.54, 1.807) is 0 Å². The van der Waals surface area contributed by atoms with Crippen molar-refractivity contribution in [3.8, 4) is 0 Å². The summed E-state index contributed by atoms with van der Waals surface area (Å²) in [6, 6.07) is 0.344. The molecule has 0 bridgehead atoms. The van der Waals surface area contributed by atoms with Crippen molar-refractivity contribution in [3.63, 3.8) is 0 Å². The summed E-state index contributed by atoms with van der Waals surface area (Å²) in [6.07, 6.45) is 5.98. The lowest BCUT2D eigenvalue weighted by Gasteiger charge is -2.15. The first-order chi connectivity index (χ1) is 6.67. The van der Waals surface area contributed by atoms with E-state index in [0.29, 0.717) is 6.04 Å². The lowest BCUT2D eigenvalue weighted by molar-refractivity contribution is 0.582. The second-order valence-corrected chi connectivity index (χ2v) is 3.60. The van der Waals surface area contributed by atoms with Crippen LogP contribution in [0, 0.1) is 0 Å². The van der Waals surface area contributed by atoms with Gasteiger partial charge in [-0.15, -0.1) is 0 Å². The van der Waals surface area contributed by atoms with Crippen LogP contribution in [0.1, 0.15) is 31.4 Å². The highest BCUT2D eigenvalue weighted by atomic mass is 15.2. The molecule has 3 heteroatoms. The van der Waals surface area contributed by atoms with Crippen LogP contribution >= 0.6 is 0 Å². The Balaban J connectivity index is 2.67. The molecular weight excluding hydrogens is 174 g/mol. The molecule has 1 atom stereocenters. The molecule has 0 saturated heterocycles. The molecule has 0 aliphatic rings. The maximum absolute atomic E-state index is 4.17. The molecule has 0 amide bonds. The number of rotatable bonds is 5. The van der Waals surface area contributed by atoms with Gasteiger partial charge in [0.25, 0.3) is 0 Å². The van der Waals surface area contributed by atoms with Gasteiger partial charge in [0, 0.05) is 24.8 Å². The second kappa shape index (κ2) is 4.96. The van der Waals surface area contributed by atoms with Gasteiger partial charge >= 0.3 is 0 Å². The van der Waals surface area contributed by atoms with Crippen molar-refractivity contribution in [2.24, 2.45) is 7.05 Å². The smallest absolute Gasteiger partial charge is 0.0537 e. The number of hydrogen-bond donors (Lipinski definition) is 1. The van der Waals surface area contributed by atoms with Crippen molar-refractivity contribution in [1.29, 1.82) is 0 Å². The monoisotopic (exact) mass is 193 g/mol. The normalized spacial score (nSPS) is 12.8. The first kappa shape index (κ1) is 11.0. The van der Waals surface area contributed by atoms with E-state index in [0.717, 1.165) is 12.8 Å². The standard InChI is InChI=1S/C11H19N3/c1-5-9(2)6-11(12-3)10-7-13-14(4)8-10/h7-8,11-12H,2,5-6H2,1,3-4H3. The number of nitrogens with zero attached hydrogens (tertiary/aromatic N) is 2. The Bertz CT molecular complexity index is 301. The van der Waals surface area contributed by atoms with E-state index >= 15 is 0 Å². The van der Waals surface area contributed by atoms with Crippen molar-refractivity contribution in [3.05, 3.63) is 30.1 Å². The highest BCUT2D eigenvalue weighted by Gasteiger charge is 2.11. The molecule has 14 heavy (non-hydrogen) atoms. The summed E-state index contributed by atoms with van der Waals surface area (Å²) in [5.74, 6) is 0. The molecule has 0 saturated carbocycles. The molecule has 1 unspecified atom stereocenters. The minimum Gasteiger partial charge on any atom is -0.313 e. The Hall–Kier alpha value is -1.09. The van der Waals surface area contributed by atoms with E-state index in [2.05, 4.69) is 23.9 Å². The zero-order chi connectivity index (χ0) is 10.6. The third kappa shape index (κ3) is 2.70. The van der Waals surface area contributed by atoms with Gasteiger partial charge in [-0.2, -0.15) is 5.10 Å².